The lowest BCUT2D eigenvalue weighted by Crippen LogP contribution is -3.00. The number of fused-ring (bicyclic) bond motifs is 6. The fourth-order valence-corrected chi connectivity index (χ4v) is 13.8. The van der Waals surface area contributed by atoms with Crippen LogP contribution in [-0.2, 0) is 0 Å². The van der Waals surface area contributed by atoms with Crippen molar-refractivity contribution < 1.29 is 80.2 Å². The largest absolute Gasteiger partial charge is 1.00 e. The summed E-state index contributed by atoms with van der Waals surface area (Å²) in [6.45, 7) is 36.4. The van der Waals surface area contributed by atoms with Crippen LogP contribution < -0.4 is 81.7 Å². The van der Waals surface area contributed by atoms with E-state index < -0.39 is 17.9 Å². The summed E-state index contributed by atoms with van der Waals surface area (Å²) in [7, 11) is 0. The minimum atomic E-state index is -0.938. The van der Waals surface area contributed by atoms with E-state index in [9.17, 15) is 29.7 Å². The molecule has 3 radical (unpaired) electrons. The fourth-order valence-electron chi connectivity index (χ4n) is 13.8. The summed E-state index contributed by atoms with van der Waals surface area (Å²) in [5.74, 6) is -0.567. The third kappa shape index (κ3) is 17.3. The van der Waals surface area contributed by atoms with Crippen LogP contribution in [0, 0.1) is 0 Å². The van der Waals surface area contributed by atoms with Gasteiger partial charge in [0.05, 0.1) is 34.9 Å². The molecule has 0 unspecified atom stereocenters. The Hall–Kier alpha value is -9.40. The second-order valence-electron chi connectivity index (χ2n) is 24.1. The molecule has 3 N–H and O–H groups in total. The molecule has 6 aromatic rings. The maximum atomic E-state index is 12.1. The van der Waals surface area contributed by atoms with Crippen LogP contribution in [0.4, 0.5) is 17.1 Å². The van der Waals surface area contributed by atoms with Crippen molar-refractivity contribution in [2.45, 2.75) is 83.1 Å². The summed E-state index contributed by atoms with van der Waals surface area (Å²) in [5, 5.41) is 35.7. The summed E-state index contributed by atoms with van der Waals surface area (Å²) >= 11 is 0. The van der Waals surface area contributed by atoms with Crippen LogP contribution in [-0.4, -0.2) is 129 Å². The van der Waals surface area contributed by atoms with Crippen molar-refractivity contribution in [3.05, 3.63) is 215 Å². The minimum absolute atomic E-state index is 0. The molecule has 3 heterocycles. The molecule has 0 spiro atoms. The summed E-state index contributed by atoms with van der Waals surface area (Å²) in [6, 6.07) is 58.9. The van der Waals surface area contributed by atoms with Crippen molar-refractivity contribution in [3.63, 3.8) is 0 Å². The van der Waals surface area contributed by atoms with E-state index in [1.165, 1.54) is 0 Å². The highest BCUT2D eigenvalue weighted by atomic mass is 35.5. The van der Waals surface area contributed by atoms with E-state index in [-0.39, 0.29) is 71.3 Å². The Morgan fingerprint density at radius 1 is 0.311 bits per heavy atom. The number of benzene rings is 9. The Kier molecular flexibility index (Phi) is 30.2. The Morgan fingerprint density at radius 3 is 0.757 bits per heavy atom. The van der Waals surface area contributed by atoms with Gasteiger partial charge in [0.2, 0.25) is 16.1 Å². The van der Waals surface area contributed by atoms with Gasteiger partial charge in [-0.05, 0) is 173 Å². The number of nitrogens with zero attached hydrogens (tertiary/aromatic N) is 6. The second kappa shape index (κ2) is 37.7. The number of halogens is 3. The van der Waals surface area contributed by atoms with Gasteiger partial charge in [0.15, 0.2) is 0 Å². The predicted molar refractivity (Wildman–Crippen MR) is 411 cm³/mol. The Morgan fingerprint density at radius 2 is 0.544 bits per heavy atom. The normalized spacial score (nSPS) is 10.7. The van der Waals surface area contributed by atoms with Crippen LogP contribution >= 0.6 is 0 Å². The summed E-state index contributed by atoms with van der Waals surface area (Å²) < 4.78 is 26.2. The molecule has 15 nitrogen and oxygen atoms in total. The molecule has 0 saturated heterocycles. The zero-order valence-corrected chi connectivity index (χ0v) is 64.4. The molecule has 6 aromatic carbocycles. The number of aromatic carboxylic acids is 3. The number of carboxylic acid groups (broad SMARTS) is 3. The SMILES string of the molecule is CCN(CC)c1ccc2c(-c3ccccc3C(=O)O)c3ccc(=[N+](CC)CC)cc-3oc2c1.CCN(CC)c1ccc2c(-c3ccccc3C(=O)O)c3ccc(=[N+](CC)CC)cc-3oc2c1.CCN(CC)c1ccc2c(-c3ccccc3C(=O)O)c3ccc(=[N+](CC)CC)cc-3oc2c1.[Al].[Cl-].[Cl-].[Cl-]. The molecule has 12 rings (SSSR count). The third-order valence-corrected chi connectivity index (χ3v) is 19.1. The first kappa shape index (κ1) is 82.6. The molecule has 3 aliphatic heterocycles. The number of carboxylic acids is 3. The molecule has 6 aliphatic rings. The molecule has 103 heavy (non-hydrogen) atoms. The van der Waals surface area contributed by atoms with E-state index in [0.29, 0.717) is 16.7 Å². The number of carbonyl (C=O) groups is 3. The topological polar surface area (TPSA) is 170 Å². The first-order valence-electron chi connectivity index (χ1n) is 35.0. The molecule has 0 bridgehead atoms. The highest BCUT2D eigenvalue weighted by molar-refractivity contribution is 6.10. The maximum absolute atomic E-state index is 12.1. The molecule has 0 fully saturated rings. The van der Waals surface area contributed by atoms with Gasteiger partial charge >= 0.3 is 17.9 Å². The summed E-state index contributed by atoms with van der Waals surface area (Å²) in [5.41, 5.74) is 13.8. The molecule has 0 atom stereocenters. The van der Waals surface area contributed by atoms with E-state index in [2.05, 4.69) is 221 Å². The van der Waals surface area contributed by atoms with Crippen molar-refractivity contribution in [1.82, 2.24) is 13.7 Å². The van der Waals surface area contributed by atoms with Crippen LogP contribution in [0.5, 0.6) is 0 Å². The Bertz CT molecular complexity index is 4560. The van der Waals surface area contributed by atoms with E-state index in [1.54, 1.807) is 36.4 Å². The number of hydrogen-bond donors (Lipinski definition) is 3. The average molecular weight is 1460 g/mol. The zero-order valence-electron chi connectivity index (χ0n) is 61.0. The molecule has 3 aliphatic carbocycles. The van der Waals surface area contributed by atoms with Gasteiger partial charge in [-0.1, -0.05) is 54.6 Å². The van der Waals surface area contributed by atoms with Crippen LogP contribution in [0.2, 0.25) is 0 Å². The lowest BCUT2D eigenvalue weighted by Gasteiger charge is -2.22. The molecular formula is C84H93AlCl3N6O9. The van der Waals surface area contributed by atoms with Crippen LogP contribution in [0.3, 0.4) is 0 Å². The van der Waals surface area contributed by atoms with E-state index in [4.69, 9.17) is 13.3 Å². The molecule has 0 amide bonds. The van der Waals surface area contributed by atoms with Gasteiger partial charge in [-0.3, -0.25) is 0 Å². The third-order valence-electron chi connectivity index (χ3n) is 19.1. The smallest absolute Gasteiger partial charge is 0.336 e. The zero-order chi connectivity index (χ0) is 70.6. The van der Waals surface area contributed by atoms with Crippen molar-refractivity contribution in [2.24, 2.45) is 0 Å². The quantitative estimate of drug-likeness (QED) is 0.0373. The Labute approximate surface area is 633 Å². The standard InChI is InChI=1S/3C28H30N2O3.Al.3ClH/c3*1-5-29(6-2)19-13-15-23-25(17-19)33-26-18-20(30(7-3)8-4)14-16-24(26)27(23)21-11-9-10-12-22(21)28(31)32;;;;/h3*9-18H,5-8H2,1-4H3;;3*1H. The van der Waals surface area contributed by atoms with Gasteiger partial charge in [0.25, 0.3) is 0 Å². The van der Waals surface area contributed by atoms with E-state index >= 15 is 0 Å². The van der Waals surface area contributed by atoms with Crippen LogP contribution in [0.1, 0.15) is 114 Å². The monoisotopic (exact) mass is 1460 g/mol. The van der Waals surface area contributed by atoms with Gasteiger partial charge in [-0.15, -0.1) is 0 Å². The van der Waals surface area contributed by atoms with Crippen LogP contribution in [0.25, 0.3) is 100 Å². The van der Waals surface area contributed by atoms with Crippen LogP contribution in [0.15, 0.2) is 195 Å². The maximum Gasteiger partial charge on any atom is 0.336 e. The molecule has 0 aromatic heterocycles. The highest BCUT2D eigenvalue weighted by Crippen LogP contribution is 2.45. The number of anilines is 3. The van der Waals surface area contributed by atoms with Gasteiger partial charge in [-0.25, -0.2) is 28.1 Å². The highest BCUT2D eigenvalue weighted by Gasteiger charge is 2.27. The van der Waals surface area contributed by atoms with Gasteiger partial charge in [-0.2, -0.15) is 0 Å². The molecule has 0 saturated carbocycles. The van der Waals surface area contributed by atoms with Gasteiger partial charge < -0.3 is 80.5 Å². The van der Waals surface area contributed by atoms with Crippen molar-refractivity contribution in [3.8, 4) is 67.4 Å². The molecule has 537 valence electrons. The first-order valence-corrected chi connectivity index (χ1v) is 35.0. The number of rotatable bonds is 21. The van der Waals surface area contributed by atoms with Crippen molar-refractivity contribution >= 4 is 85.2 Å². The summed E-state index contributed by atoms with van der Waals surface area (Å²) in [6.07, 6.45) is 0. The van der Waals surface area contributed by atoms with Crippen molar-refractivity contribution in [2.75, 3.05) is 93.2 Å². The fraction of sp³-hybridized carbons (Fsp3) is 0.286. The number of hydrogen-bond acceptors (Lipinski definition) is 9. The minimum Gasteiger partial charge on any atom is -1.00 e. The first-order chi connectivity index (χ1) is 48.0. The lowest BCUT2D eigenvalue weighted by molar-refractivity contribution is -0.001000. The van der Waals surface area contributed by atoms with Crippen molar-refractivity contribution in [1.29, 1.82) is 0 Å². The van der Waals surface area contributed by atoms with Gasteiger partial charge in [0, 0.05) is 160 Å². The lowest BCUT2D eigenvalue weighted by atomic mass is 9.90. The second-order valence-corrected chi connectivity index (χ2v) is 24.1. The average Bonchev–Trinajstić information content (AvgIpc) is 0.760. The van der Waals surface area contributed by atoms with E-state index in [1.807, 2.05) is 36.4 Å². The Balaban J connectivity index is 0.000000238. The van der Waals surface area contributed by atoms with E-state index in [0.717, 1.165) is 195 Å². The molecule has 19 heteroatoms. The van der Waals surface area contributed by atoms with Gasteiger partial charge in [0.1, 0.15) is 73.3 Å². The summed E-state index contributed by atoms with van der Waals surface area (Å²) in [4.78, 5) is 43.0. The predicted octanol–water partition coefficient (Wildman–Crippen LogP) is 7.31. The molecular weight excluding hydrogens is 1370 g/mol.